The zero-order chi connectivity index (χ0) is 24.8. The van der Waals surface area contributed by atoms with Crippen molar-refractivity contribution >= 4 is 5.91 Å². The molecule has 0 radical (unpaired) electrons. The van der Waals surface area contributed by atoms with E-state index in [1.807, 2.05) is 26.0 Å². The molecule has 3 heterocycles. The van der Waals surface area contributed by atoms with E-state index in [9.17, 15) is 9.90 Å². The minimum atomic E-state index is -0.649. The van der Waals surface area contributed by atoms with Crippen LogP contribution in [0.25, 0.3) is 0 Å². The lowest BCUT2D eigenvalue weighted by Gasteiger charge is -2.34. The summed E-state index contributed by atoms with van der Waals surface area (Å²) in [4.78, 5) is 19.9. The molecule has 3 N–H and O–H groups in total. The number of benzene rings is 1. The Balaban J connectivity index is 1.36. The summed E-state index contributed by atoms with van der Waals surface area (Å²) in [5, 5.41) is 10.9. The van der Waals surface area contributed by atoms with Crippen LogP contribution in [0.3, 0.4) is 0 Å². The van der Waals surface area contributed by atoms with Gasteiger partial charge in [-0.1, -0.05) is 36.8 Å². The largest absolute Gasteiger partial charge is 0.471 e. The fraction of sp³-hybridized carbons (Fsp3) is 0.607. The fourth-order valence-corrected chi connectivity index (χ4v) is 5.45. The van der Waals surface area contributed by atoms with Gasteiger partial charge in [0, 0.05) is 32.7 Å². The van der Waals surface area contributed by atoms with E-state index >= 15 is 0 Å². The predicted molar refractivity (Wildman–Crippen MR) is 138 cm³/mol. The number of nitrogens with zero attached hydrogens (tertiary/aromatic N) is 3. The van der Waals surface area contributed by atoms with Crippen molar-refractivity contribution in [2.24, 2.45) is 5.73 Å². The lowest BCUT2D eigenvalue weighted by atomic mass is 9.99. The van der Waals surface area contributed by atoms with Crippen LogP contribution in [0.5, 0.6) is 0 Å². The van der Waals surface area contributed by atoms with Gasteiger partial charge in [-0.25, -0.2) is 0 Å². The fourth-order valence-electron chi connectivity index (χ4n) is 5.45. The highest BCUT2D eigenvalue weighted by atomic mass is 16.5. The van der Waals surface area contributed by atoms with Crippen LogP contribution in [-0.4, -0.2) is 83.2 Å². The number of ether oxygens (including phenoxy) is 1. The van der Waals surface area contributed by atoms with Crippen LogP contribution in [0.2, 0.25) is 0 Å². The molecule has 3 aliphatic heterocycles. The van der Waals surface area contributed by atoms with Crippen LogP contribution in [-0.2, 0) is 22.5 Å². The van der Waals surface area contributed by atoms with Crippen molar-refractivity contribution < 1.29 is 14.6 Å². The highest BCUT2D eigenvalue weighted by Crippen LogP contribution is 2.24. The number of aliphatic hydroxyl groups is 1. The summed E-state index contributed by atoms with van der Waals surface area (Å²) in [6, 6.07) is 8.48. The third kappa shape index (κ3) is 7.09. The second-order valence-electron chi connectivity index (χ2n) is 10.8. The summed E-state index contributed by atoms with van der Waals surface area (Å²) >= 11 is 0. The van der Waals surface area contributed by atoms with Gasteiger partial charge in [0.15, 0.2) is 5.88 Å². The topological polar surface area (TPSA) is 82.3 Å². The van der Waals surface area contributed by atoms with Crippen molar-refractivity contribution in [2.45, 2.75) is 64.2 Å². The Hall–Kier alpha value is -2.35. The minimum absolute atomic E-state index is 0.166. The molecule has 1 aromatic rings. The first-order valence-electron chi connectivity index (χ1n) is 13.1. The second kappa shape index (κ2) is 11.6. The SMILES string of the molecule is CC1(C)CN(CC(O)CN2CCc3ccccc3C2)C(=O)C(/C=C\CCN2CCCCC2)=C(N)O1. The van der Waals surface area contributed by atoms with Gasteiger partial charge in [-0.2, -0.15) is 0 Å². The first-order valence-corrected chi connectivity index (χ1v) is 13.1. The maximum atomic E-state index is 13.5. The van der Waals surface area contributed by atoms with Crippen LogP contribution < -0.4 is 5.73 Å². The normalized spacial score (nSPS) is 22.7. The van der Waals surface area contributed by atoms with Crippen LogP contribution in [0.1, 0.15) is 50.7 Å². The summed E-state index contributed by atoms with van der Waals surface area (Å²) < 4.78 is 5.97. The zero-order valence-electron chi connectivity index (χ0n) is 21.4. The molecule has 0 saturated carbocycles. The van der Waals surface area contributed by atoms with E-state index in [1.54, 1.807) is 4.90 Å². The molecule has 4 rings (SSSR count). The molecule has 1 fully saturated rings. The molecule has 0 bridgehead atoms. The van der Waals surface area contributed by atoms with Gasteiger partial charge in [-0.05, 0) is 69.8 Å². The highest BCUT2D eigenvalue weighted by molar-refractivity contribution is 5.97. The van der Waals surface area contributed by atoms with E-state index < -0.39 is 11.7 Å². The number of piperidine rings is 1. The average Bonchev–Trinajstić information content (AvgIpc) is 2.90. The van der Waals surface area contributed by atoms with E-state index in [1.165, 1.54) is 30.4 Å². The number of nitrogens with two attached hydrogens (primary N) is 1. The molecule has 7 heteroatoms. The van der Waals surface area contributed by atoms with Gasteiger partial charge >= 0.3 is 0 Å². The molecule has 7 nitrogen and oxygen atoms in total. The molecule has 0 aliphatic carbocycles. The molecule has 1 saturated heterocycles. The van der Waals surface area contributed by atoms with Gasteiger partial charge in [0.05, 0.1) is 18.2 Å². The van der Waals surface area contributed by atoms with Crippen molar-refractivity contribution in [1.82, 2.24) is 14.7 Å². The quantitative estimate of drug-likeness (QED) is 0.593. The van der Waals surface area contributed by atoms with E-state index in [0.717, 1.165) is 45.6 Å². The minimum Gasteiger partial charge on any atom is -0.471 e. The molecule has 1 atom stereocenters. The van der Waals surface area contributed by atoms with Gasteiger partial charge in [0.25, 0.3) is 5.91 Å². The highest BCUT2D eigenvalue weighted by Gasteiger charge is 2.35. The third-order valence-corrected chi connectivity index (χ3v) is 7.20. The summed E-state index contributed by atoms with van der Waals surface area (Å²) in [7, 11) is 0. The van der Waals surface area contributed by atoms with E-state index in [-0.39, 0.29) is 18.3 Å². The van der Waals surface area contributed by atoms with Gasteiger partial charge in [-0.3, -0.25) is 9.69 Å². The molecule has 192 valence electrons. The zero-order valence-corrected chi connectivity index (χ0v) is 21.4. The summed E-state index contributed by atoms with van der Waals surface area (Å²) in [5.74, 6) is -0.0100. The Morgan fingerprint density at radius 2 is 1.83 bits per heavy atom. The molecule has 1 amide bonds. The lowest BCUT2D eigenvalue weighted by molar-refractivity contribution is -0.130. The number of aliphatic hydroxyl groups excluding tert-OH is 1. The maximum absolute atomic E-state index is 13.5. The smallest absolute Gasteiger partial charge is 0.259 e. The van der Waals surface area contributed by atoms with Crippen molar-refractivity contribution in [3.63, 3.8) is 0 Å². The number of hydrogen-bond donors (Lipinski definition) is 2. The average molecular weight is 483 g/mol. The van der Waals surface area contributed by atoms with Gasteiger partial charge < -0.3 is 25.4 Å². The molecule has 1 aromatic carbocycles. The lowest BCUT2D eigenvalue weighted by Crippen LogP contribution is -2.48. The standard InChI is InChI=1S/C28H42N4O3/c1-28(2)21-32(20-24(33)19-31-17-13-22-10-4-5-11-23(22)18-31)27(34)25(26(29)35-28)12-6-9-16-30-14-7-3-8-15-30/h4-6,10-12,24,33H,3,7-9,13-21,29H2,1-2H3/b12-6-. The number of hydrogen-bond acceptors (Lipinski definition) is 6. The number of rotatable bonds is 8. The molecular formula is C28H42N4O3. The van der Waals surface area contributed by atoms with Gasteiger partial charge in [-0.15, -0.1) is 0 Å². The predicted octanol–water partition coefficient (Wildman–Crippen LogP) is 2.65. The number of amides is 1. The Labute approximate surface area is 210 Å². The molecule has 35 heavy (non-hydrogen) atoms. The molecular weight excluding hydrogens is 440 g/mol. The van der Waals surface area contributed by atoms with Crippen LogP contribution in [0, 0.1) is 0 Å². The molecule has 0 aromatic heterocycles. The van der Waals surface area contributed by atoms with Gasteiger partial charge in [0.1, 0.15) is 5.60 Å². The Morgan fingerprint density at radius 3 is 2.60 bits per heavy atom. The number of fused-ring (bicyclic) bond motifs is 1. The van der Waals surface area contributed by atoms with Crippen molar-refractivity contribution in [2.75, 3.05) is 45.8 Å². The van der Waals surface area contributed by atoms with Crippen LogP contribution in [0.4, 0.5) is 0 Å². The summed E-state index contributed by atoms with van der Waals surface area (Å²) in [6.45, 7) is 10.0. The van der Waals surface area contributed by atoms with E-state index in [0.29, 0.717) is 18.7 Å². The number of carbonyl (C=O) groups is 1. The monoisotopic (exact) mass is 482 g/mol. The number of carbonyl (C=O) groups excluding carboxylic acids is 1. The first kappa shape index (κ1) is 25.7. The maximum Gasteiger partial charge on any atom is 0.259 e. The second-order valence-corrected chi connectivity index (χ2v) is 10.8. The molecule has 1 unspecified atom stereocenters. The van der Waals surface area contributed by atoms with Crippen molar-refractivity contribution in [1.29, 1.82) is 0 Å². The summed E-state index contributed by atoms with van der Waals surface area (Å²) in [6.07, 6.45) is 8.90. The number of likely N-dealkylation sites (tertiary alicyclic amines) is 1. The first-order chi connectivity index (χ1) is 16.8. The van der Waals surface area contributed by atoms with Crippen LogP contribution in [0.15, 0.2) is 47.9 Å². The Kier molecular flexibility index (Phi) is 8.52. The van der Waals surface area contributed by atoms with Crippen LogP contribution >= 0.6 is 0 Å². The van der Waals surface area contributed by atoms with Gasteiger partial charge in [0.2, 0.25) is 0 Å². The summed E-state index contributed by atoms with van der Waals surface area (Å²) in [5.41, 5.74) is 8.69. The third-order valence-electron chi connectivity index (χ3n) is 7.20. The molecule has 3 aliphatic rings. The van der Waals surface area contributed by atoms with E-state index in [4.69, 9.17) is 10.5 Å². The van der Waals surface area contributed by atoms with Crippen molar-refractivity contribution in [3.05, 3.63) is 59.0 Å². The molecule has 0 spiro atoms. The Bertz CT molecular complexity index is 936. The van der Waals surface area contributed by atoms with Crippen molar-refractivity contribution in [3.8, 4) is 0 Å². The van der Waals surface area contributed by atoms with E-state index in [2.05, 4.69) is 34.1 Å². The Morgan fingerprint density at radius 1 is 1.09 bits per heavy atom. The number of β-amino-alcohol motifs (C(OH)–C–C–N with tert-alkyl or cyclic N) is 1.